The third kappa shape index (κ3) is 4.07. The highest BCUT2D eigenvalue weighted by Gasteiger charge is 2.11. The molecule has 6 heteroatoms. The van der Waals surface area contributed by atoms with Gasteiger partial charge in [0.1, 0.15) is 0 Å². The number of benzene rings is 1. The minimum Gasteiger partial charge on any atom is -0.398 e. The molecule has 0 radical (unpaired) electrons. The average molecular weight is 256 g/mol. The van der Waals surface area contributed by atoms with Gasteiger partial charge in [0.25, 0.3) is 5.91 Å². The molecular weight excluding hydrogens is 240 g/mol. The fraction of sp³-hybridized carbons (Fsp3) is 0.364. The summed E-state index contributed by atoms with van der Waals surface area (Å²) in [5.74, 6) is -0.326. The summed E-state index contributed by atoms with van der Waals surface area (Å²) in [4.78, 5) is 11.7. The molecule has 1 aromatic rings. The van der Waals surface area contributed by atoms with Crippen LogP contribution < -0.4 is 11.1 Å². The van der Waals surface area contributed by atoms with Crippen molar-refractivity contribution in [1.29, 1.82) is 0 Å². The number of carbonyl (C=O) groups excluding carboxylic acids is 1. The van der Waals surface area contributed by atoms with E-state index in [0.29, 0.717) is 11.3 Å². The number of rotatable bonds is 5. The Kier molecular flexibility index (Phi) is 4.51. The van der Waals surface area contributed by atoms with E-state index >= 15 is 0 Å². The zero-order chi connectivity index (χ0) is 12.9. The number of para-hydroxylation sites is 1. The standard InChI is InChI=1S/C11H16N2O3S/c1-2-17(15,16)8-7-13-11(14)9-5-3-4-6-10(9)12/h3-6H,2,7-8,12H2,1H3,(H,13,14). The molecule has 0 bridgehead atoms. The highest BCUT2D eigenvalue weighted by Crippen LogP contribution is 2.09. The van der Waals surface area contributed by atoms with Gasteiger partial charge in [-0.05, 0) is 12.1 Å². The minimum atomic E-state index is -3.05. The summed E-state index contributed by atoms with van der Waals surface area (Å²) in [5, 5.41) is 2.53. The van der Waals surface area contributed by atoms with E-state index in [1.165, 1.54) is 0 Å². The second-order valence-corrected chi connectivity index (χ2v) is 6.05. The monoisotopic (exact) mass is 256 g/mol. The molecule has 0 aliphatic heterocycles. The molecule has 1 rings (SSSR count). The first-order valence-corrected chi connectivity index (χ1v) is 7.11. The van der Waals surface area contributed by atoms with Gasteiger partial charge in [-0.2, -0.15) is 0 Å². The van der Waals surface area contributed by atoms with Crippen molar-refractivity contribution >= 4 is 21.4 Å². The molecule has 0 aliphatic carbocycles. The Bertz CT molecular complexity index is 497. The number of nitrogens with two attached hydrogens (primary N) is 1. The Morgan fingerprint density at radius 1 is 1.35 bits per heavy atom. The van der Waals surface area contributed by atoms with E-state index in [-0.39, 0.29) is 24.0 Å². The SMILES string of the molecule is CCS(=O)(=O)CCNC(=O)c1ccccc1N. The predicted octanol–water partition coefficient (Wildman–Crippen LogP) is 0.433. The largest absolute Gasteiger partial charge is 0.398 e. The molecule has 0 atom stereocenters. The van der Waals surface area contributed by atoms with Gasteiger partial charge in [-0.3, -0.25) is 4.79 Å². The minimum absolute atomic E-state index is 0.0536. The van der Waals surface area contributed by atoms with Crippen LogP contribution in [0.5, 0.6) is 0 Å². The van der Waals surface area contributed by atoms with Crippen LogP contribution in [0.2, 0.25) is 0 Å². The third-order valence-electron chi connectivity index (χ3n) is 2.34. The van der Waals surface area contributed by atoms with E-state index in [1.807, 2.05) is 0 Å². The van der Waals surface area contributed by atoms with Gasteiger partial charge in [-0.15, -0.1) is 0 Å². The van der Waals surface area contributed by atoms with Crippen LogP contribution in [0.3, 0.4) is 0 Å². The molecular formula is C11H16N2O3S. The molecule has 1 aromatic carbocycles. The quantitative estimate of drug-likeness (QED) is 0.748. The summed E-state index contributed by atoms with van der Waals surface area (Å²) in [5.41, 5.74) is 6.37. The summed E-state index contributed by atoms with van der Waals surface area (Å²) >= 11 is 0. The molecule has 0 saturated heterocycles. The lowest BCUT2D eigenvalue weighted by molar-refractivity contribution is 0.0957. The summed E-state index contributed by atoms with van der Waals surface area (Å²) in [6, 6.07) is 6.65. The molecule has 0 spiro atoms. The second-order valence-electron chi connectivity index (χ2n) is 3.58. The number of anilines is 1. The average Bonchev–Trinajstić information content (AvgIpc) is 2.29. The molecule has 0 unspecified atom stereocenters. The van der Waals surface area contributed by atoms with E-state index in [1.54, 1.807) is 31.2 Å². The number of nitrogens with one attached hydrogen (secondary N) is 1. The van der Waals surface area contributed by atoms with Crippen molar-refractivity contribution in [3.63, 3.8) is 0 Å². The predicted molar refractivity (Wildman–Crippen MR) is 67.5 cm³/mol. The van der Waals surface area contributed by atoms with Crippen LogP contribution in [0.1, 0.15) is 17.3 Å². The highest BCUT2D eigenvalue weighted by molar-refractivity contribution is 7.91. The first-order chi connectivity index (χ1) is 7.96. The first kappa shape index (κ1) is 13.5. The van der Waals surface area contributed by atoms with Crippen molar-refractivity contribution in [2.75, 3.05) is 23.8 Å². The third-order valence-corrected chi connectivity index (χ3v) is 4.05. The van der Waals surface area contributed by atoms with Gasteiger partial charge in [0.15, 0.2) is 9.84 Å². The van der Waals surface area contributed by atoms with Crippen LogP contribution in [-0.2, 0) is 9.84 Å². The van der Waals surface area contributed by atoms with Crippen molar-refractivity contribution in [3.8, 4) is 0 Å². The van der Waals surface area contributed by atoms with Gasteiger partial charge in [0.05, 0.1) is 11.3 Å². The maximum atomic E-state index is 11.7. The maximum absolute atomic E-state index is 11.7. The van der Waals surface area contributed by atoms with Crippen LogP contribution >= 0.6 is 0 Å². The van der Waals surface area contributed by atoms with Gasteiger partial charge < -0.3 is 11.1 Å². The van der Waals surface area contributed by atoms with E-state index in [0.717, 1.165) is 0 Å². The summed E-state index contributed by atoms with van der Waals surface area (Å²) < 4.78 is 22.4. The van der Waals surface area contributed by atoms with Crippen LogP contribution in [0.4, 0.5) is 5.69 Å². The lowest BCUT2D eigenvalue weighted by Crippen LogP contribution is -2.30. The summed E-state index contributed by atoms with van der Waals surface area (Å²) in [6.07, 6.45) is 0. The van der Waals surface area contributed by atoms with E-state index < -0.39 is 9.84 Å². The molecule has 0 aliphatic rings. The molecule has 94 valence electrons. The first-order valence-electron chi connectivity index (χ1n) is 5.29. The van der Waals surface area contributed by atoms with Crippen molar-refractivity contribution in [3.05, 3.63) is 29.8 Å². The van der Waals surface area contributed by atoms with Gasteiger partial charge in [-0.1, -0.05) is 19.1 Å². The number of carbonyl (C=O) groups is 1. The molecule has 0 fully saturated rings. The number of amides is 1. The maximum Gasteiger partial charge on any atom is 0.253 e. The van der Waals surface area contributed by atoms with Crippen LogP contribution in [0.25, 0.3) is 0 Å². The Labute approximate surface area is 101 Å². The van der Waals surface area contributed by atoms with Crippen molar-refractivity contribution < 1.29 is 13.2 Å². The smallest absolute Gasteiger partial charge is 0.253 e. The molecule has 0 aromatic heterocycles. The zero-order valence-corrected chi connectivity index (χ0v) is 10.5. The number of nitrogen functional groups attached to an aromatic ring is 1. The van der Waals surface area contributed by atoms with E-state index in [2.05, 4.69) is 5.32 Å². The Balaban J connectivity index is 2.55. The highest BCUT2D eigenvalue weighted by atomic mass is 32.2. The van der Waals surface area contributed by atoms with Gasteiger partial charge >= 0.3 is 0 Å². The molecule has 0 saturated carbocycles. The fourth-order valence-electron chi connectivity index (χ4n) is 1.26. The van der Waals surface area contributed by atoms with E-state index in [4.69, 9.17) is 5.73 Å². The topological polar surface area (TPSA) is 89.3 Å². The van der Waals surface area contributed by atoms with E-state index in [9.17, 15) is 13.2 Å². The summed E-state index contributed by atoms with van der Waals surface area (Å²) in [7, 11) is -3.05. The van der Waals surface area contributed by atoms with Gasteiger partial charge in [0, 0.05) is 18.0 Å². The Hall–Kier alpha value is -1.56. The van der Waals surface area contributed by atoms with Gasteiger partial charge in [0.2, 0.25) is 0 Å². The normalized spacial score (nSPS) is 11.1. The van der Waals surface area contributed by atoms with Gasteiger partial charge in [-0.25, -0.2) is 8.42 Å². The molecule has 0 heterocycles. The number of sulfone groups is 1. The molecule has 17 heavy (non-hydrogen) atoms. The fourth-order valence-corrected chi connectivity index (χ4v) is 1.97. The molecule has 1 amide bonds. The van der Waals surface area contributed by atoms with Crippen molar-refractivity contribution in [2.45, 2.75) is 6.92 Å². The number of hydrogen-bond donors (Lipinski definition) is 2. The number of hydrogen-bond acceptors (Lipinski definition) is 4. The molecule has 3 N–H and O–H groups in total. The summed E-state index contributed by atoms with van der Waals surface area (Å²) in [6.45, 7) is 1.68. The second kappa shape index (κ2) is 5.67. The lowest BCUT2D eigenvalue weighted by atomic mass is 10.2. The lowest BCUT2D eigenvalue weighted by Gasteiger charge is -2.07. The Morgan fingerprint density at radius 3 is 2.59 bits per heavy atom. The van der Waals surface area contributed by atoms with Crippen molar-refractivity contribution in [1.82, 2.24) is 5.32 Å². The molecule has 5 nitrogen and oxygen atoms in total. The van der Waals surface area contributed by atoms with Crippen LogP contribution in [0, 0.1) is 0 Å². The van der Waals surface area contributed by atoms with Crippen LogP contribution in [-0.4, -0.2) is 32.4 Å². The van der Waals surface area contributed by atoms with Crippen LogP contribution in [0.15, 0.2) is 24.3 Å². The van der Waals surface area contributed by atoms with Crippen molar-refractivity contribution in [2.24, 2.45) is 0 Å². The Morgan fingerprint density at radius 2 is 2.00 bits per heavy atom. The zero-order valence-electron chi connectivity index (χ0n) is 9.64.